The molecule has 4 aliphatic carbocycles. The third kappa shape index (κ3) is 6.76. The Balaban J connectivity index is 0.00000451. The summed E-state index contributed by atoms with van der Waals surface area (Å²) in [6.07, 6.45) is 5.61. The van der Waals surface area contributed by atoms with Gasteiger partial charge in [-0.15, -0.1) is 0 Å². The number of rotatable bonds is 10. The van der Waals surface area contributed by atoms with Gasteiger partial charge >= 0.3 is 35.2 Å². The van der Waals surface area contributed by atoms with Crippen molar-refractivity contribution in [3.8, 4) is 0 Å². The van der Waals surface area contributed by atoms with Crippen molar-refractivity contribution in [3.63, 3.8) is 0 Å². The van der Waals surface area contributed by atoms with Gasteiger partial charge in [0.05, 0.1) is 38.7 Å². The van der Waals surface area contributed by atoms with E-state index in [-0.39, 0.29) is 117 Å². The Morgan fingerprint density at radius 1 is 1.12 bits per heavy atom. The molecule has 16 heteroatoms. The molecule has 0 spiro atoms. The first kappa shape index (κ1) is 37.4. The topological polar surface area (TPSA) is 218 Å². The van der Waals surface area contributed by atoms with Crippen LogP contribution in [0.2, 0.25) is 0 Å². The van der Waals surface area contributed by atoms with Crippen LogP contribution in [0.4, 0.5) is 11.4 Å². The Labute approximate surface area is 302 Å². The van der Waals surface area contributed by atoms with E-state index in [1.54, 1.807) is 6.07 Å². The predicted molar refractivity (Wildman–Crippen MR) is 168 cm³/mol. The van der Waals surface area contributed by atoms with Crippen LogP contribution in [0.5, 0.6) is 0 Å². The van der Waals surface area contributed by atoms with Crippen LogP contribution in [0.3, 0.4) is 0 Å². The molecule has 260 valence electrons. The molecule has 14 nitrogen and oxygen atoms in total. The number of benzene rings is 1. The number of aliphatic hydroxyl groups is 2. The van der Waals surface area contributed by atoms with Gasteiger partial charge in [0, 0.05) is 25.1 Å². The molecule has 11 atom stereocenters. The van der Waals surface area contributed by atoms with Gasteiger partial charge in [0.2, 0.25) is 11.4 Å². The van der Waals surface area contributed by atoms with E-state index in [2.05, 4.69) is 41.7 Å². The van der Waals surface area contributed by atoms with Crippen molar-refractivity contribution in [1.82, 2.24) is 15.6 Å². The van der Waals surface area contributed by atoms with Crippen LogP contribution in [0, 0.1) is 51.2 Å². The molecule has 0 aliphatic heterocycles. The fourth-order valence-corrected chi connectivity index (χ4v) is 10.9. The second-order valence-corrected chi connectivity index (χ2v) is 16.7. The summed E-state index contributed by atoms with van der Waals surface area (Å²) in [6.45, 7) is 6.45. The van der Waals surface area contributed by atoms with Crippen LogP contribution in [-0.2, 0) is 14.9 Å². The normalized spacial score (nSPS) is 36.6. The van der Waals surface area contributed by atoms with E-state index in [0.717, 1.165) is 32.1 Å². The van der Waals surface area contributed by atoms with E-state index in [9.17, 15) is 38.1 Å². The van der Waals surface area contributed by atoms with Crippen LogP contribution in [0.15, 0.2) is 16.8 Å². The van der Waals surface area contributed by atoms with E-state index in [1.807, 2.05) is 0 Å². The summed E-state index contributed by atoms with van der Waals surface area (Å²) >= 11 is 0. The molecule has 4 fully saturated rings. The van der Waals surface area contributed by atoms with E-state index in [4.69, 9.17) is 4.63 Å². The number of amides is 1. The van der Waals surface area contributed by atoms with E-state index in [0.29, 0.717) is 30.5 Å². The largest absolute Gasteiger partial charge is 1.00 e. The average Bonchev–Trinajstić information content (AvgIpc) is 3.63. The molecule has 1 aromatic heterocycles. The molecule has 1 amide bonds. The van der Waals surface area contributed by atoms with Gasteiger partial charge < -0.3 is 25.4 Å². The summed E-state index contributed by atoms with van der Waals surface area (Å²) < 4.78 is 37.4. The summed E-state index contributed by atoms with van der Waals surface area (Å²) in [6, 6.07) is 3.25. The van der Waals surface area contributed by atoms with Crippen molar-refractivity contribution in [2.24, 2.45) is 46.3 Å². The van der Waals surface area contributed by atoms with Gasteiger partial charge in [0.1, 0.15) is 0 Å². The van der Waals surface area contributed by atoms with Gasteiger partial charge in [-0.25, -0.2) is 18.3 Å². The van der Waals surface area contributed by atoms with Gasteiger partial charge in [-0.1, -0.05) is 20.8 Å². The zero-order valence-electron chi connectivity index (χ0n) is 28.2. The Morgan fingerprint density at radius 3 is 2.56 bits per heavy atom. The molecule has 0 unspecified atom stereocenters. The molecule has 4 aliphatic rings. The van der Waals surface area contributed by atoms with Gasteiger partial charge in [-0.05, 0) is 114 Å². The summed E-state index contributed by atoms with van der Waals surface area (Å²) in [5.41, 5.74) is 0.728. The number of nitrogens with zero attached hydrogens (tertiary/aromatic N) is 3. The first-order valence-corrected chi connectivity index (χ1v) is 18.5. The fourth-order valence-electron chi connectivity index (χ4n) is 10.6. The molecule has 4 saturated carbocycles. The number of hydrogen-bond donors (Lipinski definition) is 5. The maximum Gasteiger partial charge on any atom is 1.00 e. The molecule has 1 aromatic carbocycles. The standard InChI is InChI=1S/C32H47N5O9S.Na/c1-17(4-9-27(40)33-12-13-47(43,44)45)20-5-6-21-28-22(16-26(39)32(20,21)3)31(2)11-10-19(14-18(31)15-25(28)38)34-23-7-8-24(37(41)42)30-29(23)35-46-36-30;/h7-8,17-22,25-26,28,38-39H,4-6,9-16H2,1-3H3,(H3-,33,34,36,40,41,42,43,44,45);/q;+1/t17-,18+,19+,20-,21+,22+,25-,26+,28+,31+,32-;/m1./s1. The summed E-state index contributed by atoms with van der Waals surface area (Å²) in [5, 5.41) is 47.0. The van der Waals surface area contributed by atoms with Crippen LogP contribution in [-0.4, -0.2) is 80.1 Å². The minimum atomic E-state index is -4.38. The smallest absolute Gasteiger partial charge is 0.748 e. The van der Waals surface area contributed by atoms with Crippen LogP contribution in [0.25, 0.3) is 11.0 Å². The molecule has 0 bridgehead atoms. The fraction of sp³-hybridized carbons (Fsp3) is 0.781. The summed E-state index contributed by atoms with van der Waals surface area (Å²) in [5.74, 6) is 0.0987. The van der Waals surface area contributed by atoms with Crippen LogP contribution in [0.1, 0.15) is 78.6 Å². The van der Waals surface area contributed by atoms with Gasteiger partial charge in [-0.2, -0.15) is 0 Å². The second-order valence-electron chi connectivity index (χ2n) is 15.2. The average molecular weight is 701 g/mol. The number of fused-ring (bicyclic) bond motifs is 6. The molecule has 0 radical (unpaired) electrons. The third-order valence-corrected chi connectivity index (χ3v) is 13.7. The van der Waals surface area contributed by atoms with Crippen molar-refractivity contribution in [3.05, 3.63) is 17.0 Å². The van der Waals surface area contributed by atoms with Crippen LogP contribution < -0.4 is 40.2 Å². The first-order chi connectivity index (χ1) is 22.1. The summed E-state index contributed by atoms with van der Waals surface area (Å²) in [4.78, 5) is 23.6. The van der Waals surface area contributed by atoms with E-state index < -0.39 is 28.1 Å². The number of aliphatic hydroxyl groups excluding tert-OH is 2. The number of carbonyl (C=O) groups is 1. The first-order valence-electron chi connectivity index (χ1n) is 16.9. The maximum atomic E-state index is 12.4. The van der Waals surface area contributed by atoms with E-state index in [1.165, 1.54) is 6.07 Å². The van der Waals surface area contributed by atoms with Crippen molar-refractivity contribution < 1.29 is 72.3 Å². The van der Waals surface area contributed by atoms with Gasteiger partial charge in [0.15, 0.2) is 5.52 Å². The Hall–Kier alpha value is -1.88. The van der Waals surface area contributed by atoms with Crippen molar-refractivity contribution >= 4 is 38.4 Å². The minimum Gasteiger partial charge on any atom is -0.748 e. The molecular weight excluding hydrogens is 653 g/mol. The molecule has 2 aromatic rings. The van der Waals surface area contributed by atoms with Crippen molar-refractivity contribution in [2.45, 2.75) is 96.8 Å². The number of carbonyl (C=O) groups excluding carboxylic acids is 1. The zero-order valence-corrected chi connectivity index (χ0v) is 31.0. The molecule has 0 saturated heterocycles. The van der Waals surface area contributed by atoms with Crippen molar-refractivity contribution in [2.75, 3.05) is 17.6 Å². The molecule has 1 heterocycles. The molecule has 5 N–H and O–H groups in total. The number of nitrogens with one attached hydrogen (secondary N) is 2. The maximum absolute atomic E-state index is 12.4. The van der Waals surface area contributed by atoms with Gasteiger partial charge in [-0.3, -0.25) is 4.79 Å². The number of hydrogen-bond acceptors (Lipinski definition) is 11. The minimum absolute atomic E-state index is 0. The molecular formula is C32H47N5NaO9S+. The van der Waals surface area contributed by atoms with Crippen molar-refractivity contribution in [1.29, 1.82) is 0 Å². The van der Waals surface area contributed by atoms with Crippen LogP contribution >= 0.6 is 0 Å². The zero-order chi connectivity index (χ0) is 33.9. The number of anilines is 1. The SMILES string of the molecule is C[C@H](CCC(=O)NCCS(=O)(=O)[O-])[C@H]1CC[C@H]2[C@@H]3[C@H](O)C[C@@H]4C[C@@H](Nc5ccc([N+](=O)O)c6nonc56)CC[C@]4(C)[C@H]3C[C@H](O)[C@]12C.[Na+]. The monoisotopic (exact) mass is 700 g/mol. The van der Waals surface area contributed by atoms with Gasteiger partial charge in [0.25, 0.3) is 4.92 Å². The second kappa shape index (κ2) is 14.0. The molecule has 48 heavy (non-hydrogen) atoms. The molecule has 6 rings (SSSR count). The van der Waals surface area contributed by atoms with E-state index >= 15 is 0 Å². The summed E-state index contributed by atoms with van der Waals surface area (Å²) in [7, 11) is -4.38. The predicted octanol–water partition coefficient (Wildman–Crippen LogP) is 0.485. The number of aromatic nitrogens is 2. The Kier molecular flexibility index (Phi) is 10.9. The quantitative estimate of drug-likeness (QED) is 0.130. The Bertz CT molecular complexity index is 1630. The third-order valence-electron chi connectivity index (χ3n) is 13.0. The Morgan fingerprint density at radius 2 is 1.85 bits per heavy atom.